The van der Waals surface area contributed by atoms with E-state index in [2.05, 4.69) is 6.07 Å². The van der Waals surface area contributed by atoms with E-state index in [4.69, 9.17) is 5.26 Å². The van der Waals surface area contributed by atoms with Crippen LogP contribution in [0.2, 0.25) is 0 Å². The number of rotatable bonds is 1. The highest BCUT2D eigenvalue weighted by Crippen LogP contribution is 2.16. The van der Waals surface area contributed by atoms with Crippen molar-refractivity contribution in [2.75, 3.05) is 0 Å². The lowest BCUT2D eigenvalue weighted by Crippen LogP contribution is -2.02. The molecule has 0 radical (unpaired) electrons. The van der Waals surface area contributed by atoms with Crippen LogP contribution in [0.25, 0.3) is 0 Å². The first-order chi connectivity index (χ1) is 3.98. The van der Waals surface area contributed by atoms with Crippen LogP contribution in [0.15, 0.2) is 11.6 Å². The number of nitrogens with zero attached hydrogens (tertiary/aromatic N) is 1. The Morgan fingerprint density at radius 2 is 1.89 bits per heavy atom. The molecular formula is C8H13N. The highest BCUT2D eigenvalue weighted by atomic mass is 14.3. The Kier molecular flexibility index (Phi) is 2.45. The van der Waals surface area contributed by atoms with Gasteiger partial charge in [-0.15, -0.1) is 0 Å². The van der Waals surface area contributed by atoms with Gasteiger partial charge in [-0.1, -0.05) is 11.6 Å². The van der Waals surface area contributed by atoms with E-state index in [0.29, 0.717) is 0 Å². The normalized spacial score (nSPS) is 10.1. The number of hydrogen-bond donors (Lipinski definition) is 0. The van der Waals surface area contributed by atoms with Crippen LogP contribution in [0.5, 0.6) is 0 Å². The second kappa shape index (κ2) is 2.68. The van der Waals surface area contributed by atoms with Crippen LogP contribution in [0, 0.1) is 16.7 Å². The monoisotopic (exact) mass is 123 g/mol. The van der Waals surface area contributed by atoms with Gasteiger partial charge < -0.3 is 0 Å². The lowest BCUT2D eigenvalue weighted by molar-refractivity contribution is 0.638. The third kappa shape index (κ3) is 3.78. The fraction of sp³-hybridized carbons (Fsp3) is 0.625. The van der Waals surface area contributed by atoms with Gasteiger partial charge in [0.1, 0.15) is 0 Å². The first-order valence-corrected chi connectivity index (χ1v) is 3.05. The molecule has 0 aromatic carbocycles. The van der Waals surface area contributed by atoms with Crippen molar-refractivity contribution in [3.63, 3.8) is 0 Å². The summed E-state index contributed by atoms with van der Waals surface area (Å²) in [4.78, 5) is 0. The standard InChI is InChI=1S/C8H13N/c1-7(2)5-8(3,4)6-9/h5H,1-4H3. The molecule has 0 atom stereocenters. The second-order valence-electron chi connectivity index (χ2n) is 3.06. The van der Waals surface area contributed by atoms with Crippen molar-refractivity contribution in [1.82, 2.24) is 0 Å². The van der Waals surface area contributed by atoms with E-state index in [0.717, 1.165) is 0 Å². The lowest BCUT2D eigenvalue weighted by atomic mass is 9.94. The molecule has 1 heteroatoms. The molecule has 0 aliphatic carbocycles. The van der Waals surface area contributed by atoms with Gasteiger partial charge in [0, 0.05) is 0 Å². The molecule has 0 fully saturated rings. The Morgan fingerprint density at radius 3 is 2.00 bits per heavy atom. The first-order valence-electron chi connectivity index (χ1n) is 3.05. The Labute approximate surface area is 57.0 Å². The quantitative estimate of drug-likeness (QED) is 0.491. The first kappa shape index (κ1) is 8.23. The summed E-state index contributed by atoms with van der Waals surface area (Å²) < 4.78 is 0. The van der Waals surface area contributed by atoms with Crippen LogP contribution in [-0.2, 0) is 0 Å². The third-order valence-corrected chi connectivity index (χ3v) is 0.938. The van der Waals surface area contributed by atoms with Crippen molar-refractivity contribution in [3.8, 4) is 6.07 Å². The average molecular weight is 123 g/mol. The summed E-state index contributed by atoms with van der Waals surface area (Å²) in [5, 5.41) is 8.55. The second-order valence-corrected chi connectivity index (χ2v) is 3.06. The molecule has 0 heterocycles. The summed E-state index contributed by atoms with van der Waals surface area (Å²) in [5.74, 6) is 0. The molecule has 0 aromatic rings. The maximum Gasteiger partial charge on any atom is 0.0725 e. The van der Waals surface area contributed by atoms with E-state index < -0.39 is 0 Å². The van der Waals surface area contributed by atoms with E-state index in [1.54, 1.807) is 0 Å². The minimum Gasteiger partial charge on any atom is -0.197 e. The van der Waals surface area contributed by atoms with Crippen LogP contribution in [0.4, 0.5) is 0 Å². The Morgan fingerprint density at radius 1 is 1.44 bits per heavy atom. The number of allylic oxidation sites excluding steroid dienone is 2. The molecule has 0 bridgehead atoms. The molecule has 0 aliphatic rings. The van der Waals surface area contributed by atoms with Crippen molar-refractivity contribution in [1.29, 1.82) is 5.26 Å². The van der Waals surface area contributed by atoms with E-state index in [9.17, 15) is 0 Å². The molecule has 0 aliphatic heterocycles. The zero-order chi connectivity index (χ0) is 7.49. The van der Waals surface area contributed by atoms with Crippen LogP contribution < -0.4 is 0 Å². The molecule has 50 valence electrons. The predicted octanol–water partition coefficient (Wildman–Crippen LogP) is 2.50. The van der Waals surface area contributed by atoms with Gasteiger partial charge in [0.2, 0.25) is 0 Å². The Balaban J connectivity index is 4.24. The maximum atomic E-state index is 8.55. The van der Waals surface area contributed by atoms with Gasteiger partial charge in [-0.25, -0.2) is 0 Å². The molecule has 0 saturated heterocycles. The van der Waals surface area contributed by atoms with Crippen molar-refractivity contribution < 1.29 is 0 Å². The zero-order valence-corrected chi connectivity index (χ0v) is 6.52. The number of hydrogen-bond acceptors (Lipinski definition) is 1. The van der Waals surface area contributed by atoms with E-state index in [1.807, 2.05) is 33.8 Å². The molecule has 0 spiro atoms. The van der Waals surface area contributed by atoms with Crippen LogP contribution in [0.1, 0.15) is 27.7 Å². The van der Waals surface area contributed by atoms with Gasteiger partial charge in [0.15, 0.2) is 0 Å². The van der Waals surface area contributed by atoms with Gasteiger partial charge in [-0.05, 0) is 27.7 Å². The van der Waals surface area contributed by atoms with Crippen molar-refractivity contribution >= 4 is 0 Å². The van der Waals surface area contributed by atoms with E-state index >= 15 is 0 Å². The Hall–Kier alpha value is -0.770. The molecule has 0 unspecified atom stereocenters. The topological polar surface area (TPSA) is 23.8 Å². The van der Waals surface area contributed by atoms with Crippen molar-refractivity contribution in [2.24, 2.45) is 5.41 Å². The van der Waals surface area contributed by atoms with Gasteiger partial charge in [0.05, 0.1) is 11.5 Å². The molecule has 9 heavy (non-hydrogen) atoms. The molecule has 0 amide bonds. The van der Waals surface area contributed by atoms with Crippen molar-refractivity contribution in [2.45, 2.75) is 27.7 Å². The number of nitriles is 1. The minimum atomic E-state index is -0.293. The summed E-state index contributed by atoms with van der Waals surface area (Å²) in [6.07, 6.45) is 1.97. The highest BCUT2D eigenvalue weighted by molar-refractivity contribution is 5.11. The molecule has 0 rings (SSSR count). The molecular weight excluding hydrogens is 110 g/mol. The van der Waals surface area contributed by atoms with Gasteiger partial charge in [0.25, 0.3) is 0 Å². The molecule has 0 saturated carbocycles. The largest absolute Gasteiger partial charge is 0.197 e. The zero-order valence-electron chi connectivity index (χ0n) is 6.52. The van der Waals surface area contributed by atoms with Gasteiger partial charge in [-0.2, -0.15) is 5.26 Å². The summed E-state index contributed by atoms with van der Waals surface area (Å²) >= 11 is 0. The lowest BCUT2D eigenvalue weighted by Gasteiger charge is -2.08. The summed E-state index contributed by atoms with van der Waals surface area (Å²) in [5.41, 5.74) is 0.903. The molecule has 0 N–H and O–H groups in total. The fourth-order valence-corrected chi connectivity index (χ4v) is 0.754. The molecule has 1 nitrogen and oxygen atoms in total. The van der Waals surface area contributed by atoms with Gasteiger partial charge >= 0.3 is 0 Å². The van der Waals surface area contributed by atoms with Crippen LogP contribution in [0.3, 0.4) is 0 Å². The SMILES string of the molecule is CC(C)=CC(C)(C)C#N. The maximum absolute atomic E-state index is 8.55. The van der Waals surface area contributed by atoms with E-state index in [1.165, 1.54) is 5.57 Å². The minimum absolute atomic E-state index is 0.293. The predicted molar refractivity (Wildman–Crippen MR) is 38.8 cm³/mol. The Bertz CT molecular complexity index is 154. The fourth-order valence-electron chi connectivity index (χ4n) is 0.754. The molecule has 0 aromatic heterocycles. The summed E-state index contributed by atoms with van der Waals surface area (Å²) in [6.45, 7) is 7.80. The highest BCUT2D eigenvalue weighted by Gasteiger charge is 2.10. The van der Waals surface area contributed by atoms with Gasteiger partial charge in [-0.3, -0.25) is 0 Å². The van der Waals surface area contributed by atoms with Crippen molar-refractivity contribution in [3.05, 3.63) is 11.6 Å². The average Bonchev–Trinajstić information content (AvgIpc) is 1.63. The summed E-state index contributed by atoms with van der Waals surface area (Å²) in [7, 11) is 0. The third-order valence-electron chi connectivity index (χ3n) is 0.938. The van der Waals surface area contributed by atoms with E-state index in [-0.39, 0.29) is 5.41 Å². The van der Waals surface area contributed by atoms with Crippen LogP contribution >= 0.6 is 0 Å². The summed E-state index contributed by atoms with van der Waals surface area (Å²) in [6, 6.07) is 2.20. The van der Waals surface area contributed by atoms with Crippen LogP contribution in [-0.4, -0.2) is 0 Å². The smallest absolute Gasteiger partial charge is 0.0725 e.